The highest BCUT2D eigenvalue weighted by molar-refractivity contribution is 14.0. The largest absolute Gasteiger partial charge is 0.383 e. The molecular weight excluding hydrogens is 393 g/mol. The first-order valence-corrected chi connectivity index (χ1v) is 7.51. The molecule has 0 heterocycles. The van der Waals surface area contributed by atoms with Gasteiger partial charge in [-0.1, -0.05) is 24.3 Å². The van der Waals surface area contributed by atoms with Crippen LogP contribution in [0.4, 0.5) is 0 Å². The third-order valence-electron chi connectivity index (χ3n) is 3.77. The van der Waals surface area contributed by atoms with Crippen molar-refractivity contribution >= 4 is 29.9 Å². The highest BCUT2D eigenvalue weighted by Gasteiger charge is 2.36. The van der Waals surface area contributed by atoms with Crippen LogP contribution < -0.4 is 10.6 Å². The van der Waals surface area contributed by atoms with Crippen LogP contribution in [0.1, 0.15) is 24.5 Å². The first-order valence-electron chi connectivity index (χ1n) is 7.51. The lowest BCUT2D eigenvalue weighted by Gasteiger charge is -2.22. The molecule has 0 saturated heterocycles. The number of nitrogens with zero attached hydrogens (tertiary/aromatic N) is 1. The van der Waals surface area contributed by atoms with Crippen molar-refractivity contribution in [3.05, 3.63) is 35.4 Å². The molecule has 3 N–H and O–H groups in total. The van der Waals surface area contributed by atoms with E-state index in [-0.39, 0.29) is 24.0 Å². The Kier molecular flexibility index (Phi) is 8.13. The SMILES string of the molecule is CCNC(=NCC1(O)CCc2ccccc21)NCCOC.I. The summed E-state index contributed by atoms with van der Waals surface area (Å²) < 4.78 is 5.02. The molecule has 1 aromatic rings. The standard InChI is InChI=1S/C16H25N3O2.HI/c1-3-17-15(18-10-11-21-2)19-12-16(20)9-8-13-6-4-5-7-14(13)16;/h4-7,20H,3,8-12H2,1-2H3,(H2,17,18,19);1H. The van der Waals surface area contributed by atoms with E-state index in [1.807, 2.05) is 25.1 Å². The molecule has 1 aromatic carbocycles. The predicted octanol–water partition coefficient (Wildman–Crippen LogP) is 1.64. The summed E-state index contributed by atoms with van der Waals surface area (Å²) in [6.45, 7) is 4.49. The zero-order chi connectivity index (χ0) is 15.1. The summed E-state index contributed by atoms with van der Waals surface area (Å²) in [7, 11) is 1.67. The van der Waals surface area contributed by atoms with Crippen LogP contribution >= 0.6 is 24.0 Å². The van der Waals surface area contributed by atoms with Gasteiger partial charge in [0, 0.05) is 20.2 Å². The molecule has 0 radical (unpaired) electrons. The Bertz CT molecular complexity index is 496. The van der Waals surface area contributed by atoms with Crippen LogP contribution in [0.2, 0.25) is 0 Å². The van der Waals surface area contributed by atoms with Crippen molar-refractivity contribution in [1.82, 2.24) is 10.6 Å². The van der Waals surface area contributed by atoms with Gasteiger partial charge in [0.2, 0.25) is 0 Å². The Morgan fingerprint density at radius 1 is 1.36 bits per heavy atom. The lowest BCUT2D eigenvalue weighted by atomic mass is 9.96. The van der Waals surface area contributed by atoms with Crippen molar-refractivity contribution in [2.75, 3.05) is 33.4 Å². The van der Waals surface area contributed by atoms with Gasteiger partial charge in [-0.05, 0) is 30.9 Å². The van der Waals surface area contributed by atoms with Crippen LogP contribution in [0.15, 0.2) is 29.3 Å². The van der Waals surface area contributed by atoms with Crippen molar-refractivity contribution < 1.29 is 9.84 Å². The van der Waals surface area contributed by atoms with E-state index in [9.17, 15) is 5.11 Å². The molecule has 6 heteroatoms. The third kappa shape index (κ3) is 4.82. The highest BCUT2D eigenvalue weighted by Crippen LogP contribution is 2.36. The van der Waals surface area contributed by atoms with E-state index < -0.39 is 5.60 Å². The molecule has 1 atom stereocenters. The molecule has 1 unspecified atom stereocenters. The number of ether oxygens (including phenoxy) is 1. The number of hydrogen-bond acceptors (Lipinski definition) is 3. The van der Waals surface area contributed by atoms with E-state index in [1.54, 1.807) is 7.11 Å². The molecule has 0 bridgehead atoms. The minimum absolute atomic E-state index is 0. The summed E-state index contributed by atoms with van der Waals surface area (Å²) in [6.07, 6.45) is 1.64. The Labute approximate surface area is 149 Å². The minimum atomic E-state index is -0.847. The van der Waals surface area contributed by atoms with E-state index in [0.29, 0.717) is 25.7 Å². The van der Waals surface area contributed by atoms with Crippen molar-refractivity contribution in [3.63, 3.8) is 0 Å². The van der Waals surface area contributed by atoms with Crippen LogP contribution in [0.25, 0.3) is 0 Å². The van der Waals surface area contributed by atoms with Gasteiger partial charge in [-0.15, -0.1) is 24.0 Å². The van der Waals surface area contributed by atoms with Crippen LogP contribution in [0, 0.1) is 0 Å². The maximum atomic E-state index is 10.8. The molecule has 2 rings (SSSR count). The Hall–Kier alpha value is -0.860. The van der Waals surface area contributed by atoms with Gasteiger partial charge in [0.25, 0.3) is 0 Å². The summed E-state index contributed by atoms with van der Waals surface area (Å²) in [5.74, 6) is 0.715. The Morgan fingerprint density at radius 2 is 2.14 bits per heavy atom. The fraction of sp³-hybridized carbons (Fsp3) is 0.562. The van der Waals surface area contributed by atoms with Crippen molar-refractivity contribution in [2.45, 2.75) is 25.4 Å². The number of aliphatic hydroxyl groups is 1. The molecular formula is C16H26IN3O2. The first-order chi connectivity index (χ1) is 10.2. The molecule has 124 valence electrons. The number of aryl methyl sites for hydroxylation is 1. The van der Waals surface area contributed by atoms with Crippen LogP contribution in [-0.2, 0) is 16.8 Å². The predicted molar refractivity (Wildman–Crippen MR) is 99.9 cm³/mol. The Balaban J connectivity index is 0.00000242. The van der Waals surface area contributed by atoms with Gasteiger partial charge in [-0.3, -0.25) is 0 Å². The number of hydrogen-bond donors (Lipinski definition) is 3. The van der Waals surface area contributed by atoms with Crippen LogP contribution in [0.5, 0.6) is 0 Å². The molecule has 0 aromatic heterocycles. The van der Waals surface area contributed by atoms with Crippen molar-refractivity contribution in [3.8, 4) is 0 Å². The molecule has 0 spiro atoms. The molecule has 22 heavy (non-hydrogen) atoms. The molecule has 0 fully saturated rings. The minimum Gasteiger partial charge on any atom is -0.383 e. The second kappa shape index (κ2) is 9.32. The second-order valence-corrected chi connectivity index (χ2v) is 5.30. The smallest absolute Gasteiger partial charge is 0.191 e. The van der Waals surface area contributed by atoms with Gasteiger partial charge in [0.1, 0.15) is 5.60 Å². The third-order valence-corrected chi connectivity index (χ3v) is 3.77. The average Bonchev–Trinajstić information content (AvgIpc) is 2.84. The van der Waals surface area contributed by atoms with Gasteiger partial charge >= 0.3 is 0 Å². The summed E-state index contributed by atoms with van der Waals surface area (Å²) in [4.78, 5) is 4.53. The molecule has 0 aliphatic heterocycles. The molecule has 0 amide bonds. The van der Waals surface area contributed by atoms with E-state index >= 15 is 0 Å². The van der Waals surface area contributed by atoms with Crippen LogP contribution in [-0.4, -0.2) is 44.4 Å². The van der Waals surface area contributed by atoms with E-state index in [0.717, 1.165) is 24.9 Å². The summed E-state index contributed by atoms with van der Waals surface area (Å²) in [5.41, 5.74) is 1.40. The highest BCUT2D eigenvalue weighted by atomic mass is 127. The Morgan fingerprint density at radius 3 is 2.86 bits per heavy atom. The van der Waals surface area contributed by atoms with Gasteiger partial charge in [0.15, 0.2) is 5.96 Å². The van der Waals surface area contributed by atoms with E-state index in [4.69, 9.17) is 4.74 Å². The number of nitrogens with one attached hydrogen (secondary N) is 2. The fourth-order valence-electron chi connectivity index (χ4n) is 2.66. The number of fused-ring (bicyclic) bond motifs is 1. The fourth-order valence-corrected chi connectivity index (χ4v) is 2.66. The monoisotopic (exact) mass is 419 g/mol. The first kappa shape index (κ1) is 19.2. The lowest BCUT2D eigenvalue weighted by molar-refractivity contribution is 0.0485. The van der Waals surface area contributed by atoms with Crippen LogP contribution in [0.3, 0.4) is 0 Å². The zero-order valence-corrected chi connectivity index (χ0v) is 15.6. The van der Waals surface area contributed by atoms with Crippen molar-refractivity contribution in [2.24, 2.45) is 4.99 Å². The summed E-state index contributed by atoms with van der Waals surface area (Å²) in [6, 6.07) is 8.08. The summed E-state index contributed by atoms with van der Waals surface area (Å²) >= 11 is 0. The van der Waals surface area contributed by atoms with Gasteiger partial charge in [-0.25, -0.2) is 4.99 Å². The van der Waals surface area contributed by atoms with Gasteiger partial charge < -0.3 is 20.5 Å². The van der Waals surface area contributed by atoms with E-state index in [1.165, 1.54) is 5.56 Å². The number of halogens is 1. The summed E-state index contributed by atoms with van der Waals surface area (Å²) in [5, 5.41) is 17.2. The number of aliphatic imine (C=N–C) groups is 1. The molecule has 5 nitrogen and oxygen atoms in total. The van der Waals surface area contributed by atoms with E-state index in [2.05, 4.69) is 21.7 Å². The molecule has 1 aliphatic carbocycles. The van der Waals surface area contributed by atoms with Crippen molar-refractivity contribution in [1.29, 1.82) is 0 Å². The molecule has 1 aliphatic rings. The molecule has 0 saturated carbocycles. The number of methoxy groups -OCH3 is 1. The lowest BCUT2D eigenvalue weighted by Crippen LogP contribution is -2.40. The van der Waals surface area contributed by atoms with Gasteiger partial charge in [-0.2, -0.15) is 0 Å². The number of rotatable bonds is 6. The maximum absolute atomic E-state index is 10.8. The normalized spacial score (nSPS) is 20.2. The average molecular weight is 419 g/mol. The number of guanidine groups is 1. The second-order valence-electron chi connectivity index (χ2n) is 5.30. The quantitative estimate of drug-likeness (QED) is 0.284. The topological polar surface area (TPSA) is 65.9 Å². The number of benzene rings is 1. The van der Waals surface area contributed by atoms with Gasteiger partial charge in [0.05, 0.1) is 13.2 Å². The maximum Gasteiger partial charge on any atom is 0.191 e. The zero-order valence-electron chi connectivity index (χ0n) is 13.3.